The summed E-state index contributed by atoms with van der Waals surface area (Å²) in [5.41, 5.74) is 1.47. The average Bonchev–Trinajstić information content (AvgIpc) is 2.82. The molecule has 0 aliphatic heterocycles. The molecule has 1 atom stereocenters. The minimum atomic E-state index is -3.55. The second-order valence-corrected chi connectivity index (χ2v) is 9.60. The Morgan fingerprint density at radius 1 is 1.06 bits per heavy atom. The molecule has 2 aromatic rings. The summed E-state index contributed by atoms with van der Waals surface area (Å²) in [5.74, 6) is -1.00. The number of sulfonamides is 1. The van der Waals surface area contributed by atoms with Gasteiger partial charge in [0, 0.05) is 32.7 Å². The molecule has 0 saturated carbocycles. The van der Waals surface area contributed by atoms with Crippen LogP contribution in [0.15, 0.2) is 53.4 Å². The number of hydrogen-bond acceptors (Lipinski definition) is 5. The molecule has 186 valence electrons. The van der Waals surface area contributed by atoms with E-state index in [-0.39, 0.29) is 42.8 Å². The highest BCUT2D eigenvalue weighted by Gasteiger charge is 2.26. The molecule has 0 aliphatic carbocycles. The van der Waals surface area contributed by atoms with Gasteiger partial charge < -0.3 is 15.3 Å². The van der Waals surface area contributed by atoms with Crippen LogP contribution in [0.4, 0.5) is 4.39 Å². The first-order valence-corrected chi connectivity index (χ1v) is 12.7. The van der Waals surface area contributed by atoms with Gasteiger partial charge in [-0.1, -0.05) is 31.2 Å². The van der Waals surface area contributed by atoms with Crippen LogP contribution in [0.25, 0.3) is 0 Å². The summed E-state index contributed by atoms with van der Waals surface area (Å²) in [5, 5.41) is 11.6. The molecule has 2 amide bonds. The van der Waals surface area contributed by atoms with E-state index in [1.54, 1.807) is 38.1 Å². The highest BCUT2D eigenvalue weighted by atomic mass is 32.2. The summed E-state index contributed by atoms with van der Waals surface area (Å²) < 4.78 is 39.9. The minimum Gasteiger partial charge on any atom is -0.396 e. The van der Waals surface area contributed by atoms with Crippen molar-refractivity contribution in [3.05, 3.63) is 65.5 Å². The topological polar surface area (TPSA) is 116 Å². The van der Waals surface area contributed by atoms with Gasteiger partial charge in [-0.15, -0.1) is 0 Å². The fraction of sp³-hybridized carbons (Fsp3) is 0.417. The molecule has 0 heterocycles. The van der Waals surface area contributed by atoms with E-state index in [1.807, 2.05) is 0 Å². The van der Waals surface area contributed by atoms with E-state index in [0.29, 0.717) is 24.9 Å². The molecule has 0 fully saturated rings. The number of aryl methyl sites for hydroxylation is 1. The fourth-order valence-electron chi connectivity index (χ4n) is 3.31. The molecular weight excluding hydrogens is 461 g/mol. The van der Waals surface area contributed by atoms with Gasteiger partial charge in [0.25, 0.3) is 0 Å². The summed E-state index contributed by atoms with van der Waals surface area (Å²) >= 11 is 0. The number of nitrogens with one attached hydrogen (secondary N) is 2. The largest absolute Gasteiger partial charge is 0.396 e. The Morgan fingerprint density at radius 2 is 1.68 bits per heavy atom. The van der Waals surface area contributed by atoms with Crippen LogP contribution in [0.5, 0.6) is 0 Å². The lowest BCUT2D eigenvalue weighted by Crippen LogP contribution is -2.48. The zero-order chi connectivity index (χ0) is 25.1. The van der Waals surface area contributed by atoms with E-state index in [1.165, 1.54) is 29.2 Å². The van der Waals surface area contributed by atoms with E-state index >= 15 is 0 Å². The molecule has 2 aromatic carbocycles. The van der Waals surface area contributed by atoms with Gasteiger partial charge in [0.2, 0.25) is 21.8 Å². The summed E-state index contributed by atoms with van der Waals surface area (Å²) in [6.45, 7) is 3.98. The monoisotopic (exact) mass is 493 g/mol. The van der Waals surface area contributed by atoms with Gasteiger partial charge in [-0.3, -0.25) is 9.59 Å². The van der Waals surface area contributed by atoms with Crippen molar-refractivity contribution >= 4 is 21.8 Å². The van der Waals surface area contributed by atoms with Crippen molar-refractivity contribution in [3.8, 4) is 0 Å². The van der Waals surface area contributed by atoms with Gasteiger partial charge in [-0.05, 0) is 55.2 Å². The van der Waals surface area contributed by atoms with E-state index in [0.717, 1.165) is 5.56 Å². The smallest absolute Gasteiger partial charge is 0.242 e. The zero-order valence-electron chi connectivity index (χ0n) is 19.5. The molecule has 34 heavy (non-hydrogen) atoms. The Hall–Kier alpha value is -2.82. The molecule has 10 heteroatoms. The van der Waals surface area contributed by atoms with Crippen molar-refractivity contribution in [2.75, 3.05) is 19.7 Å². The van der Waals surface area contributed by atoms with Gasteiger partial charge in [0.15, 0.2) is 0 Å². The number of nitrogens with zero attached hydrogens (tertiary/aromatic N) is 1. The molecule has 0 saturated heterocycles. The Balaban J connectivity index is 2.10. The van der Waals surface area contributed by atoms with Crippen LogP contribution in [-0.2, 0) is 32.6 Å². The van der Waals surface area contributed by atoms with Crippen molar-refractivity contribution in [1.82, 2.24) is 14.9 Å². The van der Waals surface area contributed by atoms with E-state index in [2.05, 4.69) is 10.0 Å². The molecule has 0 spiro atoms. The zero-order valence-corrected chi connectivity index (χ0v) is 20.3. The third-order valence-corrected chi connectivity index (χ3v) is 6.82. The number of rotatable bonds is 13. The Kier molecular flexibility index (Phi) is 10.6. The molecule has 3 N–H and O–H groups in total. The third kappa shape index (κ3) is 8.19. The molecular formula is C24H32FN3O5S. The molecule has 1 unspecified atom stereocenters. The number of amides is 2. The number of carbonyl (C=O) groups is 2. The summed E-state index contributed by atoms with van der Waals surface area (Å²) in [7, 11) is -3.55. The van der Waals surface area contributed by atoms with Crippen LogP contribution in [0.2, 0.25) is 0 Å². The number of carbonyl (C=O) groups excluding carboxylic acids is 2. The number of halogens is 1. The van der Waals surface area contributed by atoms with Gasteiger partial charge in [-0.25, -0.2) is 17.5 Å². The second-order valence-electron chi connectivity index (χ2n) is 7.84. The maximum absolute atomic E-state index is 13.3. The number of aliphatic hydroxyl groups is 1. The molecule has 2 rings (SSSR count). The van der Waals surface area contributed by atoms with Crippen LogP contribution in [0, 0.1) is 5.82 Å². The van der Waals surface area contributed by atoms with E-state index in [4.69, 9.17) is 5.11 Å². The molecule has 8 nitrogen and oxygen atoms in total. The van der Waals surface area contributed by atoms with Crippen LogP contribution < -0.4 is 10.0 Å². The molecule has 0 radical (unpaired) electrons. The highest BCUT2D eigenvalue weighted by molar-refractivity contribution is 7.89. The maximum atomic E-state index is 13.3. The highest BCUT2D eigenvalue weighted by Crippen LogP contribution is 2.15. The lowest BCUT2D eigenvalue weighted by Gasteiger charge is -2.29. The Bertz CT molecular complexity index is 1040. The quantitative estimate of drug-likeness (QED) is 0.369. The van der Waals surface area contributed by atoms with Crippen molar-refractivity contribution in [1.29, 1.82) is 0 Å². The average molecular weight is 494 g/mol. The van der Waals surface area contributed by atoms with Crippen LogP contribution in [0.3, 0.4) is 0 Å². The fourth-order valence-corrected chi connectivity index (χ4v) is 4.35. The third-order valence-electron chi connectivity index (χ3n) is 5.26. The minimum absolute atomic E-state index is 0.0541. The van der Waals surface area contributed by atoms with Crippen LogP contribution in [-0.4, -0.2) is 56.0 Å². The van der Waals surface area contributed by atoms with Crippen molar-refractivity contribution < 1.29 is 27.5 Å². The first kappa shape index (κ1) is 27.4. The van der Waals surface area contributed by atoms with Crippen molar-refractivity contribution in [3.63, 3.8) is 0 Å². The summed E-state index contributed by atoms with van der Waals surface area (Å²) in [6.07, 6.45) is 0.873. The molecule has 0 aliphatic rings. The van der Waals surface area contributed by atoms with Gasteiger partial charge in [-0.2, -0.15) is 0 Å². The van der Waals surface area contributed by atoms with E-state index in [9.17, 15) is 22.4 Å². The Labute approximate surface area is 200 Å². The van der Waals surface area contributed by atoms with Crippen LogP contribution >= 0.6 is 0 Å². The molecule has 0 aromatic heterocycles. The number of benzene rings is 2. The predicted octanol–water partition coefficient (Wildman–Crippen LogP) is 1.97. The summed E-state index contributed by atoms with van der Waals surface area (Å²) in [4.78, 5) is 27.2. The Morgan fingerprint density at radius 3 is 2.26 bits per heavy atom. The van der Waals surface area contributed by atoms with Crippen molar-refractivity contribution in [2.45, 2.75) is 50.6 Å². The first-order chi connectivity index (χ1) is 16.2. The summed E-state index contributed by atoms with van der Waals surface area (Å²) in [6, 6.07) is 11.3. The van der Waals surface area contributed by atoms with Crippen molar-refractivity contribution in [2.24, 2.45) is 0 Å². The first-order valence-electron chi connectivity index (χ1n) is 11.2. The molecule has 0 bridgehead atoms. The SMILES string of the molecule is CCNS(=O)(=O)c1ccc(CCC(=O)N(Cc2ccc(F)cc2)C(C)C(=O)NCCCO)cc1. The van der Waals surface area contributed by atoms with Gasteiger partial charge >= 0.3 is 0 Å². The lowest BCUT2D eigenvalue weighted by atomic mass is 10.1. The maximum Gasteiger partial charge on any atom is 0.242 e. The standard InChI is InChI=1S/C24H32FN3O5S/c1-3-27-34(32,33)22-12-7-19(8-13-22)9-14-23(30)28(17-20-5-10-21(25)11-6-20)18(2)24(31)26-15-4-16-29/h5-8,10-13,18,27,29H,3-4,9,14-17H2,1-2H3,(H,26,31). The number of aliphatic hydroxyl groups excluding tert-OH is 1. The van der Waals surface area contributed by atoms with Gasteiger partial charge in [0.1, 0.15) is 11.9 Å². The predicted molar refractivity (Wildman–Crippen MR) is 127 cm³/mol. The second kappa shape index (κ2) is 13.2. The van der Waals surface area contributed by atoms with Crippen LogP contribution in [0.1, 0.15) is 37.8 Å². The lowest BCUT2D eigenvalue weighted by molar-refractivity contribution is -0.140. The number of hydrogen-bond donors (Lipinski definition) is 3. The normalized spacial score (nSPS) is 12.2. The van der Waals surface area contributed by atoms with E-state index < -0.39 is 21.9 Å². The van der Waals surface area contributed by atoms with Gasteiger partial charge in [0.05, 0.1) is 4.90 Å².